The van der Waals surface area contributed by atoms with Crippen molar-refractivity contribution in [3.8, 4) is 0 Å². The maximum atomic E-state index is 13.2. The Morgan fingerprint density at radius 1 is 1.21 bits per heavy atom. The van der Waals surface area contributed by atoms with E-state index in [2.05, 4.69) is 0 Å². The molecule has 0 saturated carbocycles. The molecule has 1 fully saturated rings. The quantitative estimate of drug-likeness (QED) is 0.806. The van der Waals surface area contributed by atoms with Crippen molar-refractivity contribution in [2.75, 3.05) is 12.0 Å². The average Bonchev–Trinajstić information content (AvgIpc) is 2.96. The largest absolute Gasteiger partial charge is 0.465 e. The number of amides is 1. The molecular formula is C19H18FNO3. The van der Waals surface area contributed by atoms with Crippen molar-refractivity contribution in [2.24, 2.45) is 0 Å². The highest BCUT2D eigenvalue weighted by Crippen LogP contribution is 2.40. The summed E-state index contributed by atoms with van der Waals surface area (Å²) in [6.07, 6.45) is 1.01. The summed E-state index contributed by atoms with van der Waals surface area (Å²) in [4.78, 5) is 26.3. The number of ether oxygens (including phenoxy) is 1. The number of carbonyl (C=O) groups excluding carboxylic acids is 2. The number of rotatable bonds is 3. The summed E-state index contributed by atoms with van der Waals surface area (Å²) < 4.78 is 18.1. The maximum absolute atomic E-state index is 13.2. The number of hydrogen-bond acceptors (Lipinski definition) is 3. The van der Waals surface area contributed by atoms with Crippen LogP contribution in [0, 0.1) is 12.7 Å². The minimum absolute atomic E-state index is 0.0521. The van der Waals surface area contributed by atoms with Gasteiger partial charge in [-0.25, -0.2) is 9.18 Å². The number of nitrogens with zero attached hydrogens (tertiary/aromatic N) is 1. The van der Waals surface area contributed by atoms with Crippen molar-refractivity contribution in [3.63, 3.8) is 0 Å². The molecule has 3 rings (SSSR count). The fourth-order valence-corrected chi connectivity index (χ4v) is 3.22. The van der Waals surface area contributed by atoms with Gasteiger partial charge in [0.2, 0.25) is 5.91 Å². The monoisotopic (exact) mass is 327 g/mol. The molecule has 1 atom stereocenters. The molecule has 2 aromatic carbocycles. The minimum Gasteiger partial charge on any atom is -0.465 e. The van der Waals surface area contributed by atoms with Crippen LogP contribution in [0.3, 0.4) is 0 Å². The Morgan fingerprint density at radius 2 is 1.92 bits per heavy atom. The molecule has 1 aliphatic rings. The molecule has 5 heteroatoms. The van der Waals surface area contributed by atoms with E-state index in [1.807, 2.05) is 13.0 Å². The summed E-state index contributed by atoms with van der Waals surface area (Å²) in [5.41, 5.74) is 2.60. The molecule has 1 heterocycles. The molecule has 0 radical (unpaired) electrons. The zero-order chi connectivity index (χ0) is 17.3. The molecule has 0 aromatic heterocycles. The summed E-state index contributed by atoms with van der Waals surface area (Å²) in [6, 6.07) is 11.2. The maximum Gasteiger partial charge on any atom is 0.339 e. The van der Waals surface area contributed by atoms with E-state index in [4.69, 9.17) is 4.74 Å². The van der Waals surface area contributed by atoms with Crippen LogP contribution < -0.4 is 4.90 Å². The van der Waals surface area contributed by atoms with Crippen LogP contribution in [-0.2, 0) is 9.53 Å². The number of esters is 1. The van der Waals surface area contributed by atoms with Gasteiger partial charge in [-0.2, -0.15) is 0 Å². The number of hydrogen-bond donors (Lipinski definition) is 0. The van der Waals surface area contributed by atoms with Gasteiger partial charge in [0.15, 0.2) is 0 Å². The third-order valence-corrected chi connectivity index (χ3v) is 4.35. The fourth-order valence-electron chi connectivity index (χ4n) is 3.22. The van der Waals surface area contributed by atoms with Crippen molar-refractivity contribution in [3.05, 3.63) is 65.0 Å². The summed E-state index contributed by atoms with van der Waals surface area (Å²) in [5.74, 6) is -0.851. The third kappa shape index (κ3) is 2.77. The van der Waals surface area contributed by atoms with Crippen LogP contribution >= 0.6 is 0 Å². The summed E-state index contributed by atoms with van der Waals surface area (Å²) >= 11 is 0. The van der Waals surface area contributed by atoms with E-state index in [0.29, 0.717) is 24.1 Å². The van der Waals surface area contributed by atoms with Crippen molar-refractivity contribution in [1.29, 1.82) is 0 Å². The van der Waals surface area contributed by atoms with Crippen LogP contribution in [0.5, 0.6) is 0 Å². The SMILES string of the molecule is COC(=O)c1cccc(C)c1N1C(=O)CCC1c1ccc(F)cc1. The topological polar surface area (TPSA) is 46.6 Å². The van der Waals surface area contributed by atoms with E-state index >= 15 is 0 Å². The first kappa shape index (κ1) is 16.2. The Balaban J connectivity index is 2.11. The number of para-hydroxylation sites is 1. The zero-order valence-electron chi connectivity index (χ0n) is 13.6. The lowest BCUT2D eigenvalue weighted by atomic mass is 10.0. The highest BCUT2D eigenvalue weighted by molar-refractivity contribution is 6.05. The minimum atomic E-state index is -0.480. The van der Waals surface area contributed by atoms with Crippen molar-refractivity contribution in [1.82, 2.24) is 0 Å². The van der Waals surface area contributed by atoms with Gasteiger partial charge in [-0.1, -0.05) is 24.3 Å². The first-order chi connectivity index (χ1) is 11.5. The van der Waals surface area contributed by atoms with Crippen LogP contribution in [0.1, 0.15) is 40.4 Å². The van der Waals surface area contributed by atoms with Gasteiger partial charge in [0, 0.05) is 6.42 Å². The third-order valence-electron chi connectivity index (χ3n) is 4.35. The first-order valence-electron chi connectivity index (χ1n) is 7.78. The van der Waals surface area contributed by atoms with E-state index in [-0.39, 0.29) is 17.8 Å². The predicted octanol–water partition coefficient (Wildman–Crippen LogP) is 3.79. The van der Waals surface area contributed by atoms with Crippen molar-refractivity contribution >= 4 is 17.6 Å². The number of anilines is 1. The van der Waals surface area contributed by atoms with E-state index in [9.17, 15) is 14.0 Å². The lowest BCUT2D eigenvalue weighted by Crippen LogP contribution is -2.30. The van der Waals surface area contributed by atoms with Gasteiger partial charge in [0.25, 0.3) is 0 Å². The molecule has 4 nitrogen and oxygen atoms in total. The van der Waals surface area contributed by atoms with Crippen LogP contribution in [0.25, 0.3) is 0 Å². The van der Waals surface area contributed by atoms with Gasteiger partial charge in [-0.3, -0.25) is 4.79 Å². The second-order valence-corrected chi connectivity index (χ2v) is 5.83. The smallest absolute Gasteiger partial charge is 0.339 e. The molecule has 1 saturated heterocycles. The number of carbonyl (C=O) groups is 2. The molecular weight excluding hydrogens is 309 g/mol. The van der Waals surface area contributed by atoms with Crippen molar-refractivity contribution < 1.29 is 18.7 Å². The number of benzene rings is 2. The Kier molecular flexibility index (Phi) is 4.34. The van der Waals surface area contributed by atoms with Gasteiger partial charge in [0.05, 0.1) is 24.4 Å². The molecule has 0 spiro atoms. The molecule has 0 aliphatic carbocycles. The molecule has 0 N–H and O–H groups in total. The second-order valence-electron chi connectivity index (χ2n) is 5.83. The van der Waals surface area contributed by atoms with Gasteiger partial charge < -0.3 is 9.64 Å². The van der Waals surface area contributed by atoms with Crippen LogP contribution in [0.15, 0.2) is 42.5 Å². The van der Waals surface area contributed by atoms with Crippen LogP contribution in [0.2, 0.25) is 0 Å². The van der Waals surface area contributed by atoms with E-state index in [1.165, 1.54) is 19.2 Å². The van der Waals surface area contributed by atoms with Crippen molar-refractivity contribution in [2.45, 2.75) is 25.8 Å². The number of halogens is 1. The Morgan fingerprint density at radius 3 is 2.58 bits per heavy atom. The summed E-state index contributed by atoms with van der Waals surface area (Å²) in [7, 11) is 1.32. The molecule has 0 bridgehead atoms. The second kappa shape index (κ2) is 6.43. The van der Waals surface area contributed by atoms with E-state index in [1.54, 1.807) is 29.2 Å². The zero-order valence-corrected chi connectivity index (χ0v) is 13.6. The van der Waals surface area contributed by atoms with Crippen LogP contribution in [-0.4, -0.2) is 19.0 Å². The Hall–Kier alpha value is -2.69. The lowest BCUT2D eigenvalue weighted by molar-refractivity contribution is -0.117. The average molecular weight is 327 g/mol. The summed E-state index contributed by atoms with van der Waals surface area (Å²) in [6.45, 7) is 1.86. The van der Waals surface area contributed by atoms with Gasteiger partial charge in [-0.15, -0.1) is 0 Å². The Bertz CT molecular complexity index is 786. The molecule has 1 aliphatic heterocycles. The number of methoxy groups -OCH3 is 1. The Labute approximate surface area is 139 Å². The molecule has 24 heavy (non-hydrogen) atoms. The van der Waals surface area contributed by atoms with Gasteiger partial charge in [0.1, 0.15) is 5.82 Å². The molecule has 124 valence electrons. The fraction of sp³-hybridized carbons (Fsp3) is 0.263. The lowest BCUT2D eigenvalue weighted by Gasteiger charge is -2.28. The number of aryl methyl sites for hydroxylation is 1. The van der Waals surface area contributed by atoms with Gasteiger partial charge >= 0.3 is 5.97 Å². The normalized spacial score (nSPS) is 17.2. The molecule has 2 aromatic rings. The highest BCUT2D eigenvalue weighted by atomic mass is 19.1. The highest BCUT2D eigenvalue weighted by Gasteiger charge is 2.36. The van der Waals surface area contributed by atoms with Gasteiger partial charge in [-0.05, 0) is 42.7 Å². The molecule has 1 unspecified atom stereocenters. The summed E-state index contributed by atoms with van der Waals surface area (Å²) in [5, 5.41) is 0. The predicted molar refractivity (Wildman–Crippen MR) is 88.4 cm³/mol. The standard InChI is InChI=1S/C19H18FNO3/c1-12-4-3-5-15(19(23)24-2)18(12)21-16(10-11-17(21)22)13-6-8-14(20)9-7-13/h3-9,16H,10-11H2,1-2H3. The van der Waals surface area contributed by atoms with Crippen LogP contribution in [0.4, 0.5) is 10.1 Å². The van der Waals surface area contributed by atoms with E-state index < -0.39 is 5.97 Å². The first-order valence-corrected chi connectivity index (χ1v) is 7.78. The van der Waals surface area contributed by atoms with E-state index in [0.717, 1.165) is 11.1 Å². The molecule has 1 amide bonds.